The number of esters is 1. The third kappa shape index (κ3) is 3.58. The van der Waals surface area contributed by atoms with Crippen molar-refractivity contribution in [1.82, 2.24) is 9.97 Å². The molecule has 0 atom stereocenters. The molecule has 1 heterocycles. The minimum absolute atomic E-state index is 0.292. The van der Waals surface area contributed by atoms with Crippen LogP contribution in [0.1, 0.15) is 29.9 Å². The zero-order valence-electron chi connectivity index (χ0n) is 14.4. The number of ether oxygens (including phenoxy) is 1. The first-order valence-electron chi connectivity index (χ1n) is 8.41. The molecule has 0 bridgehead atoms. The molecule has 0 aliphatic heterocycles. The molecule has 0 N–H and O–H groups in total. The van der Waals surface area contributed by atoms with E-state index in [2.05, 4.69) is 29.0 Å². The SMILES string of the molecule is CCOC(=O)c1ncnc(-c2ccccc2)c1-c1ccc(CC)cc1. The average molecular weight is 332 g/mol. The second kappa shape index (κ2) is 7.71. The molecule has 0 saturated carbocycles. The normalized spacial score (nSPS) is 10.5. The molecule has 0 saturated heterocycles. The highest BCUT2D eigenvalue weighted by Gasteiger charge is 2.21. The van der Waals surface area contributed by atoms with Gasteiger partial charge in [-0.1, -0.05) is 61.5 Å². The van der Waals surface area contributed by atoms with Gasteiger partial charge in [-0.05, 0) is 24.5 Å². The summed E-state index contributed by atoms with van der Waals surface area (Å²) in [6, 6.07) is 17.9. The molecule has 0 fully saturated rings. The Bertz CT molecular complexity index is 859. The van der Waals surface area contributed by atoms with Crippen molar-refractivity contribution in [3.05, 3.63) is 72.2 Å². The summed E-state index contributed by atoms with van der Waals surface area (Å²) >= 11 is 0. The molecule has 4 heteroatoms. The van der Waals surface area contributed by atoms with Crippen LogP contribution in [0, 0.1) is 0 Å². The van der Waals surface area contributed by atoms with Crippen LogP contribution >= 0.6 is 0 Å². The van der Waals surface area contributed by atoms with Crippen LogP contribution in [0.3, 0.4) is 0 Å². The van der Waals surface area contributed by atoms with Gasteiger partial charge in [-0.3, -0.25) is 0 Å². The van der Waals surface area contributed by atoms with Gasteiger partial charge in [0, 0.05) is 11.1 Å². The Balaban J connectivity index is 2.22. The topological polar surface area (TPSA) is 52.1 Å². The maximum absolute atomic E-state index is 12.4. The summed E-state index contributed by atoms with van der Waals surface area (Å²) in [5, 5.41) is 0. The summed E-state index contributed by atoms with van der Waals surface area (Å²) in [5.74, 6) is -0.434. The summed E-state index contributed by atoms with van der Waals surface area (Å²) < 4.78 is 5.20. The second-order valence-electron chi connectivity index (χ2n) is 5.58. The number of benzene rings is 2. The van der Waals surface area contributed by atoms with E-state index >= 15 is 0 Å². The molecule has 2 aromatic carbocycles. The quantitative estimate of drug-likeness (QED) is 0.643. The first kappa shape index (κ1) is 16.8. The van der Waals surface area contributed by atoms with E-state index in [1.807, 2.05) is 42.5 Å². The van der Waals surface area contributed by atoms with Gasteiger partial charge in [0.2, 0.25) is 0 Å². The molecule has 0 unspecified atom stereocenters. The van der Waals surface area contributed by atoms with E-state index in [9.17, 15) is 4.79 Å². The zero-order valence-corrected chi connectivity index (χ0v) is 14.4. The van der Waals surface area contributed by atoms with Crippen molar-refractivity contribution in [2.75, 3.05) is 6.61 Å². The van der Waals surface area contributed by atoms with E-state index in [0.717, 1.165) is 23.2 Å². The summed E-state index contributed by atoms with van der Waals surface area (Å²) in [6.45, 7) is 4.20. The van der Waals surface area contributed by atoms with Crippen LogP contribution in [-0.2, 0) is 11.2 Å². The van der Waals surface area contributed by atoms with Crippen LogP contribution in [0.2, 0.25) is 0 Å². The molecule has 3 aromatic rings. The predicted octanol–water partition coefficient (Wildman–Crippen LogP) is 4.55. The van der Waals surface area contributed by atoms with Gasteiger partial charge in [-0.15, -0.1) is 0 Å². The summed E-state index contributed by atoms with van der Waals surface area (Å²) in [7, 11) is 0. The Hall–Kier alpha value is -3.01. The molecule has 25 heavy (non-hydrogen) atoms. The van der Waals surface area contributed by atoms with E-state index in [4.69, 9.17) is 4.74 Å². The summed E-state index contributed by atoms with van der Waals surface area (Å²) in [4.78, 5) is 21.1. The number of nitrogens with zero attached hydrogens (tertiary/aromatic N) is 2. The monoisotopic (exact) mass is 332 g/mol. The van der Waals surface area contributed by atoms with Crippen molar-refractivity contribution in [2.24, 2.45) is 0 Å². The lowest BCUT2D eigenvalue weighted by Crippen LogP contribution is -2.10. The molecule has 1 aromatic heterocycles. The molecular weight excluding hydrogens is 312 g/mol. The largest absolute Gasteiger partial charge is 0.461 e. The van der Waals surface area contributed by atoms with Crippen molar-refractivity contribution in [2.45, 2.75) is 20.3 Å². The third-order valence-electron chi connectivity index (χ3n) is 4.01. The zero-order chi connectivity index (χ0) is 17.6. The summed E-state index contributed by atoms with van der Waals surface area (Å²) in [5.41, 5.74) is 4.79. The number of hydrogen-bond donors (Lipinski definition) is 0. The molecule has 0 spiro atoms. The second-order valence-corrected chi connectivity index (χ2v) is 5.58. The van der Waals surface area contributed by atoms with Gasteiger partial charge in [0.25, 0.3) is 0 Å². The van der Waals surface area contributed by atoms with E-state index in [1.165, 1.54) is 11.9 Å². The van der Waals surface area contributed by atoms with Crippen molar-refractivity contribution in [3.8, 4) is 22.4 Å². The van der Waals surface area contributed by atoms with Gasteiger partial charge >= 0.3 is 5.97 Å². The molecule has 4 nitrogen and oxygen atoms in total. The smallest absolute Gasteiger partial charge is 0.357 e. The Kier molecular flexibility index (Phi) is 5.19. The van der Waals surface area contributed by atoms with Crippen LogP contribution < -0.4 is 0 Å². The molecule has 0 amide bonds. The van der Waals surface area contributed by atoms with E-state index in [1.54, 1.807) is 6.92 Å². The van der Waals surface area contributed by atoms with Crippen LogP contribution in [0.4, 0.5) is 0 Å². The van der Waals surface area contributed by atoms with Crippen LogP contribution in [0.5, 0.6) is 0 Å². The molecule has 126 valence electrons. The van der Waals surface area contributed by atoms with Gasteiger partial charge in [0.05, 0.1) is 12.3 Å². The standard InChI is InChI=1S/C21H20N2O2/c1-3-15-10-12-16(13-11-15)18-19(17-8-6-5-7-9-17)22-14-23-20(18)21(24)25-4-2/h5-14H,3-4H2,1-2H3. The maximum Gasteiger partial charge on any atom is 0.357 e. The van der Waals surface area contributed by atoms with Gasteiger partial charge in [0.1, 0.15) is 6.33 Å². The average Bonchev–Trinajstić information content (AvgIpc) is 2.68. The minimum Gasteiger partial charge on any atom is -0.461 e. The lowest BCUT2D eigenvalue weighted by Gasteiger charge is -2.13. The Morgan fingerprint density at radius 3 is 2.28 bits per heavy atom. The highest BCUT2D eigenvalue weighted by atomic mass is 16.5. The van der Waals surface area contributed by atoms with Gasteiger partial charge in [-0.2, -0.15) is 0 Å². The molecular formula is C21H20N2O2. The van der Waals surface area contributed by atoms with E-state index in [-0.39, 0.29) is 0 Å². The Labute approximate surface area is 147 Å². The highest BCUT2D eigenvalue weighted by Crippen LogP contribution is 2.33. The molecule has 0 radical (unpaired) electrons. The molecule has 0 aliphatic rings. The lowest BCUT2D eigenvalue weighted by molar-refractivity contribution is 0.0520. The highest BCUT2D eigenvalue weighted by molar-refractivity contribution is 5.99. The number of carbonyl (C=O) groups excluding carboxylic acids is 1. The Morgan fingerprint density at radius 2 is 1.64 bits per heavy atom. The first-order chi connectivity index (χ1) is 12.2. The number of aryl methyl sites for hydroxylation is 1. The van der Waals surface area contributed by atoms with Crippen molar-refractivity contribution >= 4 is 5.97 Å². The lowest BCUT2D eigenvalue weighted by atomic mass is 9.96. The van der Waals surface area contributed by atoms with Crippen molar-refractivity contribution in [1.29, 1.82) is 0 Å². The van der Waals surface area contributed by atoms with Gasteiger partial charge < -0.3 is 4.74 Å². The van der Waals surface area contributed by atoms with Gasteiger partial charge in [0.15, 0.2) is 5.69 Å². The van der Waals surface area contributed by atoms with Crippen LogP contribution in [-0.4, -0.2) is 22.5 Å². The number of carbonyl (C=O) groups is 1. The molecule has 3 rings (SSSR count). The Morgan fingerprint density at radius 1 is 0.920 bits per heavy atom. The van der Waals surface area contributed by atoms with Crippen LogP contribution in [0.25, 0.3) is 22.4 Å². The first-order valence-corrected chi connectivity index (χ1v) is 8.41. The van der Waals surface area contributed by atoms with Crippen molar-refractivity contribution < 1.29 is 9.53 Å². The minimum atomic E-state index is -0.434. The van der Waals surface area contributed by atoms with Crippen LogP contribution in [0.15, 0.2) is 60.9 Å². The number of aromatic nitrogens is 2. The molecule has 0 aliphatic carbocycles. The van der Waals surface area contributed by atoms with E-state index in [0.29, 0.717) is 17.9 Å². The number of hydrogen-bond acceptors (Lipinski definition) is 4. The van der Waals surface area contributed by atoms with E-state index < -0.39 is 5.97 Å². The fourth-order valence-electron chi connectivity index (χ4n) is 2.74. The fourth-order valence-corrected chi connectivity index (χ4v) is 2.74. The number of rotatable bonds is 5. The predicted molar refractivity (Wildman–Crippen MR) is 98.2 cm³/mol. The summed E-state index contributed by atoms with van der Waals surface area (Å²) in [6.07, 6.45) is 2.38. The third-order valence-corrected chi connectivity index (χ3v) is 4.01. The van der Waals surface area contributed by atoms with Gasteiger partial charge in [-0.25, -0.2) is 14.8 Å². The fraction of sp³-hybridized carbons (Fsp3) is 0.190. The maximum atomic E-state index is 12.4. The van der Waals surface area contributed by atoms with Crippen molar-refractivity contribution in [3.63, 3.8) is 0 Å².